The SMILES string of the molecule is Cc1ccc(-c2cc(-c3cc(-c4ccnc(N)c4)[nH]n3)ccn2)cc1. The number of aryl methyl sites for hydroxylation is 1. The van der Waals surface area contributed by atoms with Crippen molar-refractivity contribution in [3.05, 3.63) is 72.6 Å². The van der Waals surface area contributed by atoms with Gasteiger partial charge in [0.1, 0.15) is 5.82 Å². The van der Waals surface area contributed by atoms with Gasteiger partial charge >= 0.3 is 0 Å². The van der Waals surface area contributed by atoms with Crippen LogP contribution in [0.1, 0.15) is 5.56 Å². The molecule has 0 unspecified atom stereocenters. The smallest absolute Gasteiger partial charge is 0.123 e. The number of anilines is 1. The van der Waals surface area contributed by atoms with Gasteiger partial charge in [-0.05, 0) is 37.3 Å². The first kappa shape index (κ1) is 15.1. The molecule has 0 fully saturated rings. The second kappa shape index (κ2) is 6.20. The highest BCUT2D eigenvalue weighted by Crippen LogP contribution is 2.27. The van der Waals surface area contributed by atoms with Crippen LogP contribution < -0.4 is 5.73 Å². The van der Waals surface area contributed by atoms with Crippen molar-refractivity contribution in [1.82, 2.24) is 20.2 Å². The number of aromatic amines is 1. The van der Waals surface area contributed by atoms with Gasteiger partial charge in [0.15, 0.2) is 0 Å². The Morgan fingerprint density at radius 3 is 2.32 bits per heavy atom. The molecule has 0 aliphatic heterocycles. The van der Waals surface area contributed by atoms with Gasteiger partial charge in [0.05, 0.1) is 17.1 Å². The van der Waals surface area contributed by atoms with Crippen LogP contribution in [0.15, 0.2) is 67.0 Å². The lowest BCUT2D eigenvalue weighted by Crippen LogP contribution is -1.89. The van der Waals surface area contributed by atoms with Crippen LogP contribution in [0.2, 0.25) is 0 Å². The largest absolute Gasteiger partial charge is 0.384 e. The van der Waals surface area contributed by atoms with Crippen LogP contribution in [0.5, 0.6) is 0 Å². The van der Waals surface area contributed by atoms with Crippen LogP contribution in [-0.4, -0.2) is 20.2 Å². The number of nitrogens with two attached hydrogens (primary N) is 1. The highest BCUT2D eigenvalue weighted by atomic mass is 15.1. The number of nitrogens with one attached hydrogen (secondary N) is 1. The van der Waals surface area contributed by atoms with E-state index in [4.69, 9.17) is 5.73 Å². The Kier molecular flexibility index (Phi) is 3.74. The Morgan fingerprint density at radius 2 is 1.52 bits per heavy atom. The van der Waals surface area contributed by atoms with Crippen LogP contribution in [0.25, 0.3) is 33.8 Å². The maximum absolute atomic E-state index is 5.76. The second-order valence-electron chi connectivity index (χ2n) is 5.93. The van der Waals surface area contributed by atoms with Crippen LogP contribution >= 0.6 is 0 Å². The molecule has 4 rings (SSSR count). The molecule has 0 radical (unpaired) electrons. The third-order valence-corrected chi connectivity index (χ3v) is 4.07. The molecule has 0 aliphatic rings. The number of hydrogen-bond acceptors (Lipinski definition) is 4. The molecular weight excluding hydrogens is 310 g/mol. The highest BCUT2D eigenvalue weighted by Gasteiger charge is 2.08. The third-order valence-electron chi connectivity index (χ3n) is 4.07. The van der Waals surface area contributed by atoms with Crippen molar-refractivity contribution in [2.75, 3.05) is 5.73 Å². The molecule has 0 saturated carbocycles. The molecule has 0 aliphatic carbocycles. The summed E-state index contributed by atoms with van der Waals surface area (Å²) in [5.74, 6) is 0.485. The molecule has 122 valence electrons. The normalized spacial score (nSPS) is 10.8. The molecule has 3 heterocycles. The Balaban J connectivity index is 1.69. The second-order valence-corrected chi connectivity index (χ2v) is 5.93. The van der Waals surface area contributed by atoms with E-state index in [0.29, 0.717) is 5.82 Å². The minimum Gasteiger partial charge on any atom is -0.384 e. The summed E-state index contributed by atoms with van der Waals surface area (Å²) in [6, 6.07) is 18.1. The summed E-state index contributed by atoms with van der Waals surface area (Å²) in [5, 5.41) is 7.49. The topological polar surface area (TPSA) is 80.5 Å². The Morgan fingerprint density at radius 1 is 0.760 bits per heavy atom. The van der Waals surface area contributed by atoms with Gasteiger partial charge in [-0.3, -0.25) is 10.1 Å². The lowest BCUT2D eigenvalue weighted by atomic mass is 10.1. The van der Waals surface area contributed by atoms with E-state index in [-0.39, 0.29) is 0 Å². The van der Waals surface area contributed by atoms with Crippen molar-refractivity contribution in [2.45, 2.75) is 6.92 Å². The van der Waals surface area contributed by atoms with Gasteiger partial charge in [-0.1, -0.05) is 29.8 Å². The van der Waals surface area contributed by atoms with Gasteiger partial charge in [-0.15, -0.1) is 0 Å². The number of nitrogen functional groups attached to an aromatic ring is 1. The molecule has 0 amide bonds. The first-order valence-corrected chi connectivity index (χ1v) is 8.00. The lowest BCUT2D eigenvalue weighted by Gasteiger charge is -2.03. The van der Waals surface area contributed by atoms with Crippen molar-refractivity contribution >= 4 is 5.82 Å². The molecule has 0 saturated heterocycles. The molecular formula is C20H17N5. The van der Waals surface area contributed by atoms with Crippen molar-refractivity contribution in [3.63, 3.8) is 0 Å². The summed E-state index contributed by atoms with van der Waals surface area (Å²) in [6.07, 6.45) is 3.50. The van der Waals surface area contributed by atoms with Crippen LogP contribution in [0.4, 0.5) is 5.82 Å². The summed E-state index contributed by atoms with van der Waals surface area (Å²) in [6.45, 7) is 2.07. The third kappa shape index (κ3) is 3.12. The zero-order valence-corrected chi connectivity index (χ0v) is 13.8. The van der Waals surface area contributed by atoms with Crippen LogP contribution in [-0.2, 0) is 0 Å². The van der Waals surface area contributed by atoms with E-state index in [2.05, 4.69) is 51.4 Å². The summed E-state index contributed by atoms with van der Waals surface area (Å²) in [5.41, 5.74) is 12.7. The molecule has 3 N–H and O–H groups in total. The van der Waals surface area contributed by atoms with Gasteiger partial charge < -0.3 is 5.73 Å². The Labute approximate surface area is 145 Å². The zero-order chi connectivity index (χ0) is 17.2. The maximum atomic E-state index is 5.76. The summed E-state index contributed by atoms with van der Waals surface area (Å²) < 4.78 is 0. The van der Waals surface area contributed by atoms with E-state index in [1.807, 2.05) is 36.5 Å². The van der Waals surface area contributed by atoms with E-state index in [1.165, 1.54) is 5.56 Å². The van der Waals surface area contributed by atoms with E-state index in [9.17, 15) is 0 Å². The van der Waals surface area contributed by atoms with Crippen molar-refractivity contribution in [1.29, 1.82) is 0 Å². The van der Waals surface area contributed by atoms with Gasteiger partial charge in [0.2, 0.25) is 0 Å². The average molecular weight is 327 g/mol. The molecule has 0 bridgehead atoms. The van der Waals surface area contributed by atoms with E-state index in [0.717, 1.165) is 33.8 Å². The first-order valence-electron chi connectivity index (χ1n) is 8.00. The number of aromatic nitrogens is 4. The fourth-order valence-electron chi connectivity index (χ4n) is 2.71. The van der Waals surface area contributed by atoms with Crippen molar-refractivity contribution in [3.8, 4) is 33.8 Å². The molecule has 5 heteroatoms. The van der Waals surface area contributed by atoms with Gasteiger partial charge in [0, 0.05) is 29.1 Å². The van der Waals surface area contributed by atoms with Gasteiger partial charge in [-0.25, -0.2) is 4.98 Å². The van der Waals surface area contributed by atoms with Crippen LogP contribution in [0.3, 0.4) is 0 Å². The number of benzene rings is 1. The van der Waals surface area contributed by atoms with E-state index in [1.54, 1.807) is 6.20 Å². The number of hydrogen-bond donors (Lipinski definition) is 2. The molecule has 3 aromatic heterocycles. The average Bonchev–Trinajstić information content (AvgIpc) is 3.13. The van der Waals surface area contributed by atoms with Gasteiger partial charge in [0.25, 0.3) is 0 Å². The Hall–Kier alpha value is -3.47. The summed E-state index contributed by atoms with van der Waals surface area (Å²) in [7, 11) is 0. The summed E-state index contributed by atoms with van der Waals surface area (Å²) >= 11 is 0. The maximum Gasteiger partial charge on any atom is 0.123 e. The first-order chi connectivity index (χ1) is 12.2. The monoisotopic (exact) mass is 327 g/mol. The molecule has 25 heavy (non-hydrogen) atoms. The predicted molar refractivity (Wildman–Crippen MR) is 99.6 cm³/mol. The minimum atomic E-state index is 0.485. The quantitative estimate of drug-likeness (QED) is 0.594. The summed E-state index contributed by atoms with van der Waals surface area (Å²) in [4.78, 5) is 8.50. The molecule has 0 spiro atoms. The fraction of sp³-hybridized carbons (Fsp3) is 0.0500. The van der Waals surface area contributed by atoms with Crippen molar-refractivity contribution < 1.29 is 0 Å². The molecule has 5 nitrogen and oxygen atoms in total. The number of pyridine rings is 2. The molecule has 0 atom stereocenters. The van der Waals surface area contributed by atoms with Crippen LogP contribution in [0, 0.1) is 6.92 Å². The zero-order valence-electron chi connectivity index (χ0n) is 13.8. The van der Waals surface area contributed by atoms with E-state index < -0.39 is 0 Å². The van der Waals surface area contributed by atoms with Gasteiger partial charge in [-0.2, -0.15) is 5.10 Å². The number of nitrogens with zero attached hydrogens (tertiary/aromatic N) is 3. The predicted octanol–water partition coefficient (Wildman–Crippen LogP) is 4.09. The highest BCUT2D eigenvalue weighted by molar-refractivity contribution is 5.72. The Bertz CT molecular complexity index is 1020. The van der Waals surface area contributed by atoms with E-state index >= 15 is 0 Å². The lowest BCUT2D eigenvalue weighted by molar-refractivity contribution is 1.10. The standard InChI is InChI=1S/C20H17N5/c1-13-2-4-14(5-3-13)17-10-15(6-8-22-17)18-12-19(25-24-18)16-7-9-23-20(21)11-16/h2-12H,1H3,(H2,21,23)(H,24,25). The number of rotatable bonds is 3. The number of H-pyrrole nitrogens is 1. The van der Waals surface area contributed by atoms with Crippen molar-refractivity contribution in [2.24, 2.45) is 0 Å². The molecule has 4 aromatic rings. The molecule has 1 aromatic carbocycles. The minimum absolute atomic E-state index is 0.485. The fourth-order valence-corrected chi connectivity index (χ4v) is 2.71.